The molecule has 0 aromatic heterocycles. The van der Waals surface area contributed by atoms with Crippen LogP contribution in [0.25, 0.3) is 0 Å². The normalized spacial score (nSPS) is 23.2. The van der Waals surface area contributed by atoms with Crippen molar-refractivity contribution in [3.8, 4) is 0 Å². The molecule has 0 spiro atoms. The molecular formula is C35H66N6O5. The molecule has 0 bridgehead atoms. The number of hydrogen-bond donors (Lipinski definition) is 4. The number of amides is 3. The van der Waals surface area contributed by atoms with Crippen molar-refractivity contribution >= 4 is 29.7 Å². The predicted molar refractivity (Wildman–Crippen MR) is 185 cm³/mol. The first kappa shape index (κ1) is 41.2. The molecule has 0 aromatic carbocycles. The number of esters is 1. The van der Waals surface area contributed by atoms with Crippen LogP contribution in [0.3, 0.4) is 0 Å². The van der Waals surface area contributed by atoms with Gasteiger partial charge in [-0.25, -0.2) is 4.79 Å². The van der Waals surface area contributed by atoms with E-state index in [1.54, 1.807) is 6.92 Å². The van der Waals surface area contributed by atoms with Crippen LogP contribution in [0.5, 0.6) is 0 Å². The summed E-state index contributed by atoms with van der Waals surface area (Å²) in [6.07, 6.45) is 11.3. The first-order valence-electron chi connectivity index (χ1n) is 18.1. The molecule has 1 rings (SSSR count). The lowest BCUT2D eigenvalue weighted by Gasteiger charge is -2.29. The summed E-state index contributed by atoms with van der Waals surface area (Å²) in [6, 6.07) is -2.61. The highest BCUT2D eigenvalue weighted by Crippen LogP contribution is 2.22. The van der Waals surface area contributed by atoms with Crippen molar-refractivity contribution in [1.82, 2.24) is 20.9 Å². The fraction of sp³-hybridized carbons (Fsp3) is 0.857. The highest BCUT2D eigenvalue weighted by Gasteiger charge is 2.35. The summed E-state index contributed by atoms with van der Waals surface area (Å²) in [4.78, 5) is 60.0. The first-order valence-corrected chi connectivity index (χ1v) is 18.1. The molecular weight excluding hydrogens is 584 g/mol. The molecule has 0 radical (unpaired) electrons. The number of nitrogens with two attached hydrogens (primary N) is 1. The number of guanidine groups is 1. The first-order chi connectivity index (χ1) is 22.0. The molecule has 0 aromatic rings. The van der Waals surface area contributed by atoms with E-state index in [0.717, 1.165) is 51.6 Å². The number of cyclic esters (lactones) is 1. The van der Waals surface area contributed by atoms with Gasteiger partial charge in [-0.2, -0.15) is 0 Å². The van der Waals surface area contributed by atoms with Gasteiger partial charge in [0.05, 0.1) is 6.42 Å². The number of aliphatic imine (C=N–C) groups is 1. The molecule has 5 N–H and O–H groups in total. The molecule has 1 saturated heterocycles. The van der Waals surface area contributed by atoms with Gasteiger partial charge in [-0.15, -0.1) is 0 Å². The molecule has 1 fully saturated rings. The van der Waals surface area contributed by atoms with Gasteiger partial charge >= 0.3 is 5.97 Å². The van der Waals surface area contributed by atoms with Crippen LogP contribution in [-0.2, 0) is 23.9 Å². The lowest BCUT2D eigenvalue weighted by molar-refractivity contribution is -0.158. The number of rotatable bonds is 19. The fourth-order valence-electron chi connectivity index (χ4n) is 5.68. The van der Waals surface area contributed by atoms with E-state index in [2.05, 4.69) is 46.6 Å². The van der Waals surface area contributed by atoms with Gasteiger partial charge in [-0.3, -0.25) is 19.4 Å². The number of carbonyl (C=O) groups is 4. The van der Waals surface area contributed by atoms with E-state index in [9.17, 15) is 19.2 Å². The average molecular weight is 651 g/mol. The Labute approximate surface area is 279 Å². The summed E-state index contributed by atoms with van der Waals surface area (Å²) >= 11 is 0. The highest BCUT2D eigenvalue weighted by atomic mass is 16.5. The van der Waals surface area contributed by atoms with Gasteiger partial charge in [-0.05, 0) is 57.3 Å². The van der Waals surface area contributed by atoms with Crippen LogP contribution in [-0.4, -0.2) is 78.4 Å². The molecule has 6 atom stereocenters. The third kappa shape index (κ3) is 15.6. The zero-order chi connectivity index (χ0) is 34.5. The molecule has 1 heterocycles. The van der Waals surface area contributed by atoms with Gasteiger partial charge in [0.1, 0.15) is 24.2 Å². The molecule has 0 saturated carbocycles. The smallest absolute Gasteiger partial charge is 0.329 e. The van der Waals surface area contributed by atoms with Crippen molar-refractivity contribution in [2.24, 2.45) is 22.6 Å². The van der Waals surface area contributed by atoms with Crippen molar-refractivity contribution in [3.63, 3.8) is 0 Å². The number of hydrogen-bond acceptors (Lipinski definition) is 6. The Kier molecular flexibility index (Phi) is 21.0. The minimum Gasteiger partial charge on any atom is -0.460 e. The number of nitrogens with zero attached hydrogens (tertiary/aromatic N) is 2. The molecule has 46 heavy (non-hydrogen) atoms. The van der Waals surface area contributed by atoms with E-state index >= 15 is 0 Å². The maximum atomic E-state index is 13.5. The van der Waals surface area contributed by atoms with E-state index in [4.69, 9.17) is 10.5 Å². The number of unbranched alkanes of at least 4 members (excludes halogenated alkanes) is 6. The Hall–Kier alpha value is -2.85. The van der Waals surface area contributed by atoms with E-state index < -0.39 is 42.0 Å². The van der Waals surface area contributed by atoms with Crippen LogP contribution >= 0.6 is 0 Å². The van der Waals surface area contributed by atoms with Crippen LogP contribution < -0.4 is 21.7 Å². The van der Waals surface area contributed by atoms with Gasteiger partial charge in [-0.1, -0.05) is 86.5 Å². The molecule has 11 nitrogen and oxygen atoms in total. The minimum absolute atomic E-state index is 0.0469. The molecule has 6 unspecified atom stereocenters. The molecule has 1 aliphatic heterocycles. The van der Waals surface area contributed by atoms with E-state index in [1.807, 2.05) is 20.8 Å². The zero-order valence-corrected chi connectivity index (χ0v) is 30.0. The topological polar surface area (TPSA) is 155 Å². The van der Waals surface area contributed by atoms with Gasteiger partial charge in [0.15, 0.2) is 5.96 Å². The summed E-state index contributed by atoms with van der Waals surface area (Å²) in [5.74, 6) is -1.51. The number of nitrogens with one attached hydrogen (secondary N) is 3. The van der Waals surface area contributed by atoms with Crippen LogP contribution in [0.1, 0.15) is 138 Å². The molecule has 266 valence electrons. The molecule has 0 aliphatic carbocycles. The Balaban J connectivity index is 3.07. The minimum atomic E-state index is -0.901. The second kappa shape index (κ2) is 23.5. The SMILES string of the molecule is CCCCCCCCC(C)C1CC(=O)NC(CCCCN=C(N)N(CCC)CCC)C(=O)NC(C)C(=O)NC(C(C)CC)C(=O)O1. The van der Waals surface area contributed by atoms with Crippen molar-refractivity contribution in [3.05, 3.63) is 0 Å². The van der Waals surface area contributed by atoms with Crippen molar-refractivity contribution in [1.29, 1.82) is 0 Å². The lowest BCUT2D eigenvalue weighted by atomic mass is 9.93. The van der Waals surface area contributed by atoms with E-state index in [-0.39, 0.29) is 24.2 Å². The standard InChI is InChI=1S/C35H66N6O5/c1-8-12-13-14-15-16-19-26(6)29-24-30(42)39-28(20-17-18-21-37-35(36)41(22-9-2)23-10-3)33(44)38-27(7)32(43)40-31(25(5)11-4)34(45)46-29/h25-29,31H,8-24H2,1-7H3,(H2,36,37)(H,38,44)(H,39,42)(H,40,43). The summed E-state index contributed by atoms with van der Waals surface area (Å²) in [7, 11) is 0. The Morgan fingerprint density at radius 2 is 1.50 bits per heavy atom. The number of ether oxygens (including phenoxy) is 1. The molecule has 1 aliphatic rings. The average Bonchev–Trinajstić information content (AvgIpc) is 3.03. The monoisotopic (exact) mass is 651 g/mol. The molecule has 11 heteroatoms. The largest absolute Gasteiger partial charge is 0.460 e. The zero-order valence-electron chi connectivity index (χ0n) is 30.0. The Bertz CT molecular complexity index is 938. The van der Waals surface area contributed by atoms with Crippen LogP contribution in [0.2, 0.25) is 0 Å². The van der Waals surface area contributed by atoms with E-state index in [0.29, 0.717) is 38.2 Å². The Morgan fingerprint density at radius 1 is 0.848 bits per heavy atom. The third-order valence-corrected chi connectivity index (χ3v) is 8.96. The quantitative estimate of drug-likeness (QED) is 0.0676. The Morgan fingerprint density at radius 3 is 2.13 bits per heavy atom. The van der Waals surface area contributed by atoms with Gasteiger partial charge < -0.3 is 31.3 Å². The van der Waals surface area contributed by atoms with E-state index in [1.165, 1.54) is 19.3 Å². The summed E-state index contributed by atoms with van der Waals surface area (Å²) in [5.41, 5.74) is 6.22. The molecule has 3 amide bonds. The van der Waals surface area contributed by atoms with Gasteiger partial charge in [0, 0.05) is 19.6 Å². The second-order valence-corrected chi connectivity index (χ2v) is 13.2. The van der Waals surface area contributed by atoms with Crippen molar-refractivity contribution in [2.75, 3.05) is 19.6 Å². The lowest BCUT2D eigenvalue weighted by Crippen LogP contribution is -2.55. The van der Waals surface area contributed by atoms with Crippen LogP contribution in [0, 0.1) is 11.8 Å². The summed E-state index contributed by atoms with van der Waals surface area (Å²) in [5, 5.41) is 8.44. The maximum Gasteiger partial charge on any atom is 0.329 e. The number of carbonyl (C=O) groups excluding carboxylic acids is 4. The highest BCUT2D eigenvalue weighted by molar-refractivity contribution is 5.93. The van der Waals surface area contributed by atoms with Crippen LogP contribution in [0.4, 0.5) is 0 Å². The maximum absolute atomic E-state index is 13.5. The van der Waals surface area contributed by atoms with Gasteiger partial charge in [0.2, 0.25) is 17.7 Å². The third-order valence-electron chi connectivity index (χ3n) is 8.96. The summed E-state index contributed by atoms with van der Waals surface area (Å²) < 4.78 is 6.01. The van der Waals surface area contributed by atoms with Crippen LogP contribution in [0.15, 0.2) is 4.99 Å². The van der Waals surface area contributed by atoms with Crippen molar-refractivity contribution in [2.45, 2.75) is 163 Å². The predicted octanol–water partition coefficient (Wildman–Crippen LogP) is 4.82. The van der Waals surface area contributed by atoms with Gasteiger partial charge in [0.25, 0.3) is 0 Å². The fourth-order valence-corrected chi connectivity index (χ4v) is 5.68. The van der Waals surface area contributed by atoms with Crippen molar-refractivity contribution < 1.29 is 23.9 Å². The summed E-state index contributed by atoms with van der Waals surface area (Å²) in [6.45, 7) is 16.0. The second-order valence-electron chi connectivity index (χ2n) is 13.2.